The molecule has 0 aliphatic heterocycles. The summed E-state index contributed by atoms with van der Waals surface area (Å²) in [4.78, 5) is 11.6. The molecule has 5 heteroatoms. The standard InChI is InChI=1S/C14H20BrNO3/c1-5-19-13(17)10-6-7-12(11(15)8-10)16-9(2)14(3,4)18/h6-9,16,18H,5H2,1-4H3. The molecular weight excluding hydrogens is 310 g/mol. The van der Waals surface area contributed by atoms with Crippen LogP contribution in [0, 0.1) is 0 Å². The van der Waals surface area contributed by atoms with E-state index in [1.165, 1.54) is 0 Å². The molecule has 0 amide bonds. The van der Waals surface area contributed by atoms with E-state index >= 15 is 0 Å². The second-order valence-electron chi connectivity index (χ2n) is 4.93. The molecular formula is C14H20BrNO3. The minimum absolute atomic E-state index is 0.128. The van der Waals surface area contributed by atoms with Crippen molar-refractivity contribution in [2.45, 2.75) is 39.3 Å². The number of anilines is 1. The zero-order valence-corrected chi connectivity index (χ0v) is 13.2. The van der Waals surface area contributed by atoms with Gasteiger partial charge in [-0.25, -0.2) is 4.79 Å². The molecule has 4 nitrogen and oxygen atoms in total. The molecule has 0 saturated carbocycles. The Morgan fingerprint density at radius 1 is 1.53 bits per heavy atom. The summed E-state index contributed by atoms with van der Waals surface area (Å²) < 4.78 is 5.70. The first kappa shape index (κ1) is 16.0. The molecule has 1 unspecified atom stereocenters. The number of hydrogen-bond acceptors (Lipinski definition) is 4. The predicted octanol–water partition coefficient (Wildman–Crippen LogP) is 3.20. The van der Waals surface area contributed by atoms with Gasteiger partial charge in [-0.05, 0) is 61.8 Å². The molecule has 106 valence electrons. The van der Waals surface area contributed by atoms with Gasteiger partial charge in [-0.3, -0.25) is 0 Å². The van der Waals surface area contributed by atoms with Crippen LogP contribution in [-0.4, -0.2) is 29.3 Å². The lowest BCUT2D eigenvalue weighted by Gasteiger charge is -2.28. The third-order valence-corrected chi connectivity index (χ3v) is 3.57. The van der Waals surface area contributed by atoms with E-state index in [1.807, 2.05) is 6.92 Å². The molecule has 0 spiro atoms. The van der Waals surface area contributed by atoms with Crippen molar-refractivity contribution in [2.24, 2.45) is 0 Å². The largest absolute Gasteiger partial charge is 0.462 e. The van der Waals surface area contributed by atoms with Crippen molar-refractivity contribution in [3.63, 3.8) is 0 Å². The Labute approximate surface area is 122 Å². The number of benzene rings is 1. The van der Waals surface area contributed by atoms with Crippen molar-refractivity contribution >= 4 is 27.6 Å². The summed E-state index contributed by atoms with van der Waals surface area (Å²) in [5, 5.41) is 13.1. The van der Waals surface area contributed by atoms with E-state index in [0.717, 1.165) is 10.2 Å². The van der Waals surface area contributed by atoms with Crippen LogP contribution in [0.5, 0.6) is 0 Å². The monoisotopic (exact) mass is 329 g/mol. The summed E-state index contributed by atoms with van der Waals surface area (Å²) in [6.07, 6.45) is 0. The van der Waals surface area contributed by atoms with Crippen molar-refractivity contribution in [1.29, 1.82) is 0 Å². The van der Waals surface area contributed by atoms with E-state index in [4.69, 9.17) is 4.74 Å². The maximum atomic E-state index is 11.6. The first-order valence-corrected chi connectivity index (χ1v) is 7.00. The lowest BCUT2D eigenvalue weighted by molar-refractivity contribution is 0.0525. The fourth-order valence-electron chi connectivity index (χ4n) is 1.38. The average molecular weight is 330 g/mol. The van der Waals surface area contributed by atoms with Crippen LogP contribution in [0.2, 0.25) is 0 Å². The molecule has 1 aromatic rings. The molecule has 1 rings (SSSR count). The Morgan fingerprint density at radius 2 is 2.16 bits per heavy atom. The van der Waals surface area contributed by atoms with E-state index in [-0.39, 0.29) is 12.0 Å². The summed E-state index contributed by atoms with van der Waals surface area (Å²) in [5.74, 6) is -0.342. The van der Waals surface area contributed by atoms with Gasteiger partial charge in [0.2, 0.25) is 0 Å². The topological polar surface area (TPSA) is 58.6 Å². The molecule has 0 bridgehead atoms. The van der Waals surface area contributed by atoms with Gasteiger partial charge in [0.1, 0.15) is 0 Å². The summed E-state index contributed by atoms with van der Waals surface area (Å²) >= 11 is 3.41. The summed E-state index contributed by atoms with van der Waals surface area (Å²) in [5.41, 5.74) is 0.483. The van der Waals surface area contributed by atoms with Gasteiger partial charge in [0.25, 0.3) is 0 Å². The van der Waals surface area contributed by atoms with E-state index in [1.54, 1.807) is 39.0 Å². The van der Waals surface area contributed by atoms with Crippen molar-refractivity contribution in [1.82, 2.24) is 0 Å². The zero-order chi connectivity index (χ0) is 14.6. The Hall–Kier alpha value is -1.07. The quantitative estimate of drug-likeness (QED) is 0.814. The molecule has 0 aromatic heterocycles. The number of hydrogen-bond donors (Lipinski definition) is 2. The van der Waals surface area contributed by atoms with Gasteiger partial charge in [-0.1, -0.05) is 0 Å². The van der Waals surface area contributed by atoms with Crippen LogP contribution in [0.15, 0.2) is 22.7 Å². The lowest BCUT2D eigenvalue weighted by Crippen LogP contribution is -2.39. The molecule has 2 N–H and O–H groups in total. The fraction of sp³-hybridized carbons (Fsp3) is 0.500. The second-order valence-corrected chi connectivity index (χ2v) is 5.79. The first-order valence-electron chi connectivity index (χ1n) is 6.21. The number of nitrogens with one attached hydrogen (secondary N) is 1. The molecule has 0 fully saturated rings. The van der Waals surface area contributed by atoms with E-state index in [9.17, 15) is 9.90 Å². The lowest BCUT2D eigenvalue weighted by atomic mass is 10.0. The van der Waals surface area contributed by atoms with Crippen LogP contribution in [-0.2, 0) is 4.74 Å². The Balaban J connectivity index is 2.86. The highest BCUT2D eigenvalue weighted by molar-refractivity contribution is 9.10. The molecule has 1 aromatic carbocycles. The van der Waals surface area contributed by atoms with Crippen LogP contribution >= 0.6 is 15.9 Å². The van der Waals surface area contributed by atoms with Crippen molar-refractivity contribution < 1.29 is 14.6 Å². The summed E-state index contributed by atoms with van der Waals surface area (Å²) in [6.45, 7) is 7.50. The Kier molecular flexibility index (Phi) is 5.38. The van der Waals surface area contributed by atoms with Gasteiger partial charge in [0.15, 0.2) is 0 Å². The maximum Gasteiger partial charge on any atom is 0.338 e. The average Bonchev–Trinajstić information content (AvgIpc) is 2.30. The zero-order valence-electron chi connectivity index (χ0n) is 11.7. The van der Waals surface area contributed by atoms with Gasteiger partial charge in [0, 0.05) is 10.2 Å². The second kappa shape index (κ2) is 6.39. The minimum Gasteiger partial charge on any atom is -0.462 e. The number of halogens is 1. The summed E-state index contributed by atoms with van der Waals surface area (Å²) in [7, 11) is 0. The van der Waals surface area contributed by atoms with Crippen molar-refractivity contribution in [3.05, 3.63) is 28.2 Å². The number of ether oxygens (including phenoxy) is 1. The predicted molar refractivity (Wildman–Crippen MR) is 79.5 cm³/mol. The summed E-state index contributed by atoms with van der Waals surface area (Å²) in [6, 6.07) is 5.07. The first-order chi connectivity index (χ1) is 8.75. The van der Waals surface area contributed by atoms with Crippen LogP contribution < -0.4 is 5.32 Å². The number of carbonyl (C=O) groups is 1. The Morgan fingerprint density at radius 3 is 2.63 bits per heavy atom. The van der Waals surface area contributed by atoms with E-state index < -0.39 is 5.60 Å². The van der Waals surface area contributed by atoms with Gasteiger partial charge < -0.3 is 15.2 Å². The van der Waals surface area contributed by atoms with Gasteiger partial charge >= 0.3 is 5.97 Å². The van der Waals surface area contributed by atoms with Crippen LogP contribution in [0.3, 0.4) is 0 Å². The highest BCUT2D eigenvalue weighted by Crippen LogP contribution is 2.26. The van der Waals surface area contributed by atoms with Gasteiger partial charge in [0.05, 0.1) is 23.8 Å². The number of esters is 1. The van der Waals surface area contributed by atoms with Crippen molar-refractivity contribution in [3.8, 4) is 0 Å². The highest BCUT2D eigenvalue weighted by Gasteiger charge is 2.22. The van der Waals surface area contributed by atoms with Crippen LogP contribution in [0.4, 0.5) is 5.69 Å². The third-order valence-electron chi connectivity index (χ3n) is 2.91. The molecule has 0 heterocycles. The number of aliphatic hydroxyl groups is 1. The van der Waals surface area contributed by atoms with Crippen molar-refractivity contribution in [2.75, 3.05) is 11.9 Å². The molecule has 0 aliphatic carbocycles. The normalized spacial score (nSPS) is 12.9. The van der Waals surface area contributed by atoms with Gasteiger partial charge in [-0.15, -0.1) is 0 Å². The molecule has 1 atom stereocenters. The fourth-order valence-corrected chi connectivity index (χ4v) is 1.88. The SMILES string of the molecule is CCOC(=O)c1ccc(NC(C)C(C)(C)O)c(Br)c1. The number of carbonyl (C=O) groups excluding carboxylic acids is 1. The molecule has 19 heavy (non-hydrogen) atoms. The minimum atomic E-state index is -0.834. The maximum absolute atomic E-state index is 11.6. The Bertz CT molecular complexity index is 454. The van der Waals surface area contributed by atoms with E-state index in [0.29, 0.717) is 12.2 Å². The highest BCUT2D eigenvalue weighted by atomic mass is 79.9. The third kappa shape index (κ3) is 4.51. The van der Waals surface area contributed by atoms with Gasteiger partial charge in [-0.2, -0.15) is 0 Å². The smallest absolute Gasteiger partial charge is 0.338 e. The van der Waals surface area contributed by atoms with Crippen LogP contribution in [0.25, 0.3) is 0 Å². The molecule has 0 aliphatic rings. The van der Waals surface area contributed by atoms with Crippen LogP contribution in [0.1, 0.15) is 38.1 Å². The number of rotatable bonds is 5. The van der Waals surface area contributed by atoms with E-state index in [2.05, 4.69) is 21.2 Å². The molecule has 0 saturated heterocycles. The molecule has 0 radical (unpaired) electrons.